The molecular formula is C24H21Cl2FO2. The molecule has 2 bridgehead atoms. The first kappa shape index (κ1) is 19.1. The Morgan fingerprint density at radius 2 is 1.79 bits per heavy atom. The van der Waals surface area contributed by atoms with Crippen molar-refractivity contribution < 1.29 is 14.3 Å². The van der Waals surface area contributed by atoms with Crippen LogP contribution < -0.4 is 0 Å². The summed E-state index contributed by atoms with van der Waals surface area (Å²) in [6, 6.07) is 8.82. The zero-order valence-electron chi connectivity index (χ0n) is 16.0. The van der Waals surface area contributed by atoms with E-state index in [4.69, 9.17) is 23.2 Å². The number of Topliss-reactive ketones (excluding diaryl/α,β-unsaturated/α-hetero) is 1. The number of aryl methyl sites for hydroxylation is 1. The van der Waals surface area contributed by atoms with Crippen molar-refractivity contribution >= 4 is 34.6 Å². The van der Waals surface area contributed by atoms with Crippen LogP contribution in [0.2, 0.25) is 10.0 Å². The molecule has 1 N–H and O–H groups in total. The summed E-state index contributed by atoms with van der Waals surface area (Å²) in [5, 5.41) is 11.0. The first-order valence-electron chi connectivity index (χ1n) is 10.2. The van der Waals surface area contributed by atoms with Gasteiger partial charge in [-0.05, 0) is 66.3 Å². The second kappa shape index (κ2) is 6.85. The van der Waals surface area contributed by atoms with Crippen LogP contribution in [-0.2, 0) is 11.2 Å². The number of aliphatic hydroxyl groups is 1. The van der Waals surface area contributed by atoms with Crippen LogP contribution in [-0.4, -0.2) is 10.9 Å². The van der Waals surface area contributed by atoms with Crippen LogP contribution in [0, 0.1) is 29.5 Å². The molecule has 5 rings (SSSR count). The van der Waals surface area contributed by atoms with Crippen molar-refractivity contribution in [1.29, 1.82) is 0 Å². The second-order valence-corrected chi connectivity index (χ2v) is 9.24. The molecule has 0 spiro atoms. The summed E-state index contributed by atoms with van der Waals surface area (Å²) in [4.78, 5) is 13.3. The highest BCUT2D eigenvalue weighted by Crippen LogP contribution is 2.60. The monoisotopic (exact) mass is 430 g/mol. The fraction of sp³-hybridized carbons (Fsp3) is 0.375. The highest BCUT2D eigenvalue weighted by molar-refractivity contribution is 6.36. The topological polar surface area (TPSA) is 37.3 Å². The Bertz CT molecular complexity index is 1070. The number of halogens is 3. The molecule has 3 aliphatic carbocycles. The molecule has 2 saturated carbocycles. The lowest BCUT2D eigenvalue weighted by atomic mass is 9.80. The summed E-state index contributed by atoms with van der Waals surface area (Å²) in [5.74, 6) is 0.379. The molecule has 4 atom stereocenters. The SMILES string of the molecule is CCc1ccc(-c2ccc(Cl)c(F)c2Cl)cc1C1=C(O)[C@H]2C(C1=O)[C@H]1CC[C@@H]2C1. The van der Waals surface area contributed by atoms with Crippen LogP contribution in [0.5, 0.6) is 0 Å². The lowest BCUT2D eigenvalue weighted by molar-refractivity contribution is -0.118. The number of ketones is 1. The number of carbonyl (C=O) groups excluding carboxylic acids is 1. The van der Waals surface area contributed by atoms with Gasteiger partial charge in [0.1, 0.15) is 5.76 Å². The van der Waals surface area contributed by atoms with Crippen molar-refractivity contribution in [2.45, 2.75) is 32.6 Å². The van der Waals surface area contributed by atoms with Crippen LogP contribution in [0.25, 0.3) is 16.7 Å². The normalized spacial score (nSPS) is 27.8. The van der Waals surface area contributed by atoms with E-state index in [2.05, 4.69) is 0 Å². The first-order valence-corrected chi connectivity index (χ1v) is 10.9. The fourth-order valence-corrected chi connectivity index (χ4v) is 6.31. The maximum absolute atomic E-state index is 14.2. The molecule has 0 aromatic heterocycles. The van der Waals surface area contributed by atoms with Gasteiger partial charge in [0, 0.05) is 17.4 Å². The van der Waals surface area contributed by atoms with Crippen molar-refractivity contribution in [3.63, 3.8) is 0 Å². The summed E-state index contributed by atoms with van der Waals surface area (Å²) >= 11 is 12.0. The quantitative estimate of drug-likeness (QED) is 0.538. The molecule has 3 aliphatic rings. The largest absolute Gasteiger partial charge is 0.511 e. The van der Waals surface area contributed by atoms with E-state index in [1.807, 2.05) is 25.1 Å². The minimum absolute atomic E-state index is 0.0267. The number of hydrogen-bond donors (Lipinski definition) is 1. The van der Waals surface area contributed by atoms with Crippen LogP contribution in [0.3, 0.4) is 0 Å². The Balaban J connectivity index is 1.65. The van der Waals surface area contributed by atoms with Gasteiger partial charge >= 0.3 is 0 Å². The van der Waals surface area contributed by atoms with E-state index in [0.717, 1.165) is 36.8 Å². The molecule has 0 amide bonds. The first-order chi connectivity index (χ1) is 13.9. The van der Waals surface area contributed by atoms with Crippen molar-refractivity contribution in [1.82, 2.24) is 0 Å². The minimum Gasteiger partial charge on any atom is -0.511 e. The van der Waals surface area contributed by atoms with Gasteiger partial charge in [-0.15, -0.1) is 0 Å². The highest BCUT2D eigenvalue weighted by Gasteiger charge is 2.57. The molecule has 2 aromatic carbocycles. The van der Waals surface area contributed by atoms with Gasteiger partial charge in [0.15, 0.2) is 11.6 Å². The maximum Gasteiger partial charge on any atom is 0.170 e. The molecule has 0 aliphatic heterocycles. The Morgan fingerprint density at radius 1 is 1.07 bits per heavy atom. The zero-order chi connectivity index (χ0) is 20.4. The van der Waals surface area contributed by atoms with Gasteiger partial charge in [0.25, 0.3) is 0 Å². The highest BCUT2D eigenvalue weighted by atomic mass is 35.5. The average Bonchev–Trinajstić information content (AvgIpc) is 3.40. The molecule has 1 unspecified atom stereocenters. The summed E-state index contributed by atoms with van der Waals surface area (Å²) in [6.45, 7) is 2.02. The van der Waals surface area contributed by atoms with E-state index >= 15 is 0 Å². The molecule has 29 heavy (non-hydrogen) atoms. The zero-order valence-corrected chi connectivity index (χ0v) is 17.5. The third-order valence-electron chi connectivity index (χ3n) is 7.14. The van der Waals surface area contributed by atoms with Gasteiger partial charge < -0.3 is 5.11 Å². The number of benzene rings is 2. The van der Waals surface area contributed by atoms with Crippen molar-refractivity contribution in [2.75, 3.05) is 0 Å². The van der Waals surface area contributed by atoms with Crippen LogP contribution in [0.15, 0.2) is 36.1 Å². The number of allylic oxidation sites excluding steroid dienone is 2. The van der Waals surface area contributed by atoms with E-state index < -0.39 is 5.82 Å². The predicted molar refractivity (Wildman–Crippen MR) is 114 cm³/mol. The van der Waals surface area contributed by atoms with Crippen molar-refractivity contribution in [3.05, 3.63) is 63.1 Å². The molecule has 5 heteroatoms. The van der Waals surface area contributed by atoms with Gasteiger partial charge in [-0.2, -0.15) is 0 Å². The van der Waals surface area contributed by atoms with Crippen LogP contribution >= 0.6 is 23.2 Å². The molecule has 2 fully saturated rings. The summed E-state index contributed by atoms with van der Waals surface area (Å²) < 4.78 is 14.2. The predicted octanol–water partition coefficient (Wildman–Crippen LogP) is 6.88. The maximum atomic E-state index is 14.2. The smallest absolute Gasteiger partial charge is 0.170 e. The third kappa shape index (κ3) is 2.70. The Morgan fingerprint density at radius 3 is 2.48 bits per heavy atom. The fourth-order valence-electron chi connectivity index (χ4n) is 5.83. The molecule has 0 radical (unpaired) electrons. The molecule has 2 nitrogen and oxygen atoms in total. The number of carbonyl (C=O) groups is 1. The van der Waals surface area contributed by atoms with E-state index in [-0.39, 0.29) is 33.4 Å². The lowest BCUT2D eigenvalue weighted by Gasteiger charge is -2.23. The van der Waals surface area contributed by atoms with Crippen molar-refractivity contribution in [3.8, 4) is 11.1 Å². The van der Waals surface area contributed by atoms with Gasteiger partial charge in [-0.1, -0.05) is 48.3 Å². The van der Waals surface area contributed by atoms with Crippen molar-refractivity contribution in [2.24, 2.45) is 23.7 Å². The Hall–Kier alpha value is -1.84. The standard InChI is InChI=1S/C24H21Cl2FO2/c1-2-11-3-4-12(15-7-8-17(25)22(27)21(15)26)10-16(11)20-23(28)18-13-5-6-14(9-13)19(18)24(20)29/h3-4,7-8,10,13-14,18-19,28H,2,5-6,9H2,1H3/t13-,14+,18-,19?/m1/s1. The second-order valence-electron chi connectivity index (χ2n) is 8.46. The molecule has 0 heterocycles. The third-order valence-corrected chi connectivity index (χ3v) is 7.81. The Kier molecular flexibility index (Phi) is 4.52. The number of fused-ring (bicyclic) bond motifs is 5. The molecule has 150 valence electrons. The van der Waals surface area contributed by atoms with Gasteiger partial charge in [-0.25, -0.2) is 4.39 Å². The Labute approximate surface area is 179 Å². The summed E-state index contributed by atoms with van der Waals surface area (Å²) in [7, 11) is 0. The number of hydrogen-bond acceptors (Lipinski definition) is 2. The van der Waals surface area contributed by atoms with E-state index in [9.17, 15) is 14.3 Å². The molecule has 0 saturated heterocycles. The summed E-state index contributed by atoms with van der Waals surface area (Å²) in [6.07, 6.45) is 3.96. The van der Waals surface area contributed by atoms with E-state index in [1.54, 1.807) is 6.07 Å². The molecule has 2 aromatic rings. The average molecular weight is 431 g/mol. The number of rotatable bonds is 3. The minimum atomic E-state index is -0.655. The molecular weight excluding hydrogens is 410 g/mol. The van der Waals surface area contributed by atoms with Crippen LogP contribution in [0.1, 0.15) is 37.3 Å². The lowest BCUT2D eigenvalue weighted by Crippen LogP contribution is -2.24. The van der Waals surface area contributed by atoms with Gasteiger partial charge in [0.05, 0.1) is 15.6 Å². The van der Waals surface area contributed by atoms with Gasteiger partial charge in [-0.3, -0.25) is 4.79 Å². The van der Waals surface area contributed by atoms with Crippen LogP contribution in [0.4, 0.5) is 4.39 Å². The van der Waals surface area contributed by atoms with E-state index in [0.29, 0.717) is 28.5 Å². The summed E-state index contributed by atoms with van der Waals surface area (Å²) in [5.41, 5.74) is 3.41. The van der Waals surface area contributed by atoms with E-state index in [1.165, 1.54) is 6.07 Å². The number of aliphatic hydroxyl groups excluding tert-OH is 1. The van der Waals surface area contributed by atoms with Gasteiger partial charge in [0.2, 0.25) is 0 Å².